The Morgan fingerprint density at radius 3 is 2.60 bits per heavy atom. The maximum atomic E-state index is 12.6. The van der Waals surface area contributed by atoms with Gasteiger partial charge in [0.05, 0.1) is 6.61 Å². The van der Waals surface area contributed by atoms with Gasteiger partial charge in [-0.3, -0.25) is 4.79 Å². The Labute approximate surface area is 183 Å². The Bertz CT molecular complexity index is 1020. The largest absolute Gasteiger partial charge is 0.494 e. The zero-order chi connectivity index (χ0) is 21.7. The number of para-hydroxylation sites is 1. The second kappa shape index (κ2) is 9.43. The van der Waals surface area contributed by atoms with E-state index in [0.29, 0.717) is 24.0 Å². The quantitative estimate of drug-likeness (QED) is 0.480. The van der Waals surface area contributed by atoms with Gasteiger partial charge in [-0.25, -0.2) is 0 Å². The third-order valence-corrected chi connectivity index (χ3v) is 5.86. The molecule has 0 saturated carbocycles. The van der Waals surface area contributed by atoms with Crippen LogP contribution in [-0.2, 0) is 12.0 Å². The first kappa shape index (κ1) is 22.0. The molecule has 3 aromatic rings. The first-order valence-electron chi connectivity index (χ1n) is 10.2. The second-order valence-electron chi connectivity index (χ2n) is 8.17. The monoisotopic (exact) mass is 423 g/mol. The Morgan fingerprint density at radius 2 is 1.87 bits per heavy atom. The maximum Gasteiger partial charge on any atom is 0.287 e. The molecule has 0 aliphatic rings. The molecule has 2 aromatic carbocycles. The molecule has 1 aromatic heterocycles. The lowest BCUT2D eigenvalue weighted by molar-refractivity contribution is 0.0918. The molecule has 0 bridgehead atoms. The summed E-state index contributed by atoms with van der Waals surface area (Å²) in [5, 5.41) is 3.61. The molecule has 0 aliphatic heterocycles. The summed E-state index contributed by atoms with van der Waals surface area (Å²) in [6, 6.07) is 17.8. The fourth-order valence-electron chi connectivity index (χ4n) is 2.99. The number of nitrogens with one attached hydrogen (secondary N) is 1. The highest BCUT2D eigenvalue weighted by atomic mass is 32.2. The number of rotatable bonds is 7. The standard InChI is InChI=1S/C25H29NO3S/c1-6-28-20-10-8-7-9-18(20)16-26-24(27)21-13-14-23(29-21)30-22-15-19(25(3,4)5)12-11-17(22)2/h7-15H,6,16H2,1-5H3,(H,26,27). The molecule has 4 nitrogen and oxygen atoms in total. The molecule has 30 heavy (non-hydrogen) atoms. The SMILES string of the molecule is CCOc1ccccc1CNC(=O)c1ccc(Sc2cc(C(C)(C)C)ccc2C)o1. The number of furan rings is 1. The lowest BCUT2D eigenvalue weighted by Gasteiger charge is -2.20. The number of hydrogen-bond acceptors (Lipinski definition) is 4. The van der Waals surface area contributed by atoms with Crippen LogP contribution in [0.5, 0.6) is 5.75 Å². The van der Waals surface area contributed by atoms with Crippen LogP contribution in [-0.4, -0.2) is 12.5 Å². The van der Waals surface area contributed by atoms with E-state index in [-0.39, 0.29) is 11.3 Å². The van der Waals surface area contributed by atoms with E-state index < -0.39 is 0 Å². The summed E-state index contributed by atoms with van der Waals surface area (Å²) in [6.45, 7) is 11.6. The first-order chi connectivity index (χ1) is 14.3. The molecule has 1 amide bonds. The van der Waals surface area contributed by atoms with E-state index in [1.807, 2.05) is 37.3 Å². The van der Waals surface area contributed by atoms with E-state index in [1.54, 1.807) is 6.07 Å². The Kier molecular flexibility index (Phi) is 6.93. The number of hydrogen-bond donors (Lipinski definition) is 1. The van der Waals surface area contributed by atoms with E-state index >= 15 is 0 Å². The summed E-state index contributed by atoms with van der Waals surface area (Å²) in [6.07, 6.45) is 0. The summed E-state index contributed by atoms with van der Waals surface area (Å²) >= 11 is 1.54. The highest BCUT2D eigenvalue weighted by Gasteiger charge is 2.17. The fourth-order valence-corrected chi connectivity index (χ4v) is 3.89. The van der Waals surface area contributed by atoms with Crippen molar-refractivity contribution in [3.8, 4) is 5.75 Å². The van der Waals surface area contributed by atoms with Crippen LogP contribution in [0.1, 0.15) is 54.9 Å². The van der Waals surface area contributed by atoms with Crippen LogP contribution in [0.2, 0.25) is 0 Å². The summed E-state index contributed by atoms with van der Waals surface area (Å²) in [5.41, 5.74) is 3.47. The molecule has 0 fully saturated rings. The van der Waals surface area contributed by atoms with Gasteiger partial charge in [0.25, 0.3) is 5.91 Å². The van der Waals surface area contributed by atoms with E-state index in [1.165, 1.54) is 22.9 Å². The molecule has 5 heteroatoms. The van der Waals surface area contributed by atoms with E-state index in [2.05, 4.69) is 51.2 Å². The molecular weight excluding hydrogens is 394 g/mol. The van der Waals surface area contributed by atoms with E-state index in [9.17, 15) is 4.79 Å². The third-order valence-electron chi connectivity index (χ3n) is 4.78. The minimum Gasteiger partial charge on any atom is -0.494 e. The fraction of sp³-hybridized carbons (Fsp3) is 0.320. The average Bonchev–Trinajstić information content (AvgIpc) is 3.17. The van der Waals surface area contributed by atoms with Crippen LogP contribution in [0.25, 0.3) is 0 Å². The van der Waals surface area contributed by atoms with Crippen molar-refractivity contribution in [1.82, 2.24) is 5.32 Å². The van der Waals surface area contributed by atoms with Gasteiger partial charge in [0.2, 0.25) is 0 Å². The van der Waals surface area contributed by atoms with Gasteiger partial charge in [0.15, 0.2) is 10.9 Å². The zero-order valence-corrected chi connectivity index (χ0v) is 19.1. The summed E-state index contributed by atoms with van der Waals surface area (Å²) in [4.78, 5) is 13.7. The summed E-state index contributed by atoms with van der Waals surface area (Å²) < 4.78 is 11.4. The van der Waals surface area contributed by atoms with Gasteiger partial charge in [0.1, 0.15) is 5.75 Å². The smallest absolute Gasteiger partial charge is 0.287 e. The Hall–Kier alpha value is -2.66. The predicted molar refractivity (Wildman–Crippen MR) is 121 cm³/mol. The maximum absolute atomic E-state index is 12.6. The van der Waals surface area contributed by atoms with Crippen molar-refractivity contribution in [2.24, 2.45) is 0 Å². The van der Waals surface area contributed by atoms with E-state index in [0.717, 1.165) is 16.2 Å². The number of amides is 1. The number of aryl methyl sites for hydroxylation is 1. The number of carbonyl (C=O) groups excluding carboxylic acids is 1. The Balaban J connectivity index is 1.67. The topological polar surface area (TPSA) is 51.5 Å². The molecular formula is C25H29NO3S. The minimum atomic E-state index is -0.242. The van der Waals surface area contributed by atoms with Gasteiger partial charge in [-0.15, -0.1) is 0 Å². The molecule has 0 aliphatic carbocycles. The van der Waals surface area contributed by atoms with Crippen molar-refractivity contribution in [1.29, 1.82) is 0 Å². The molecule has 1 heterocycles. The minimum absolute atomic E-state index is 0.0784. The number of benzene rings is 2. The molecule has 1 N–H and O–H groups in total. The number of carbonyl (C=O) groups is 1. The van der Waals surface area contributed by atoms with Gasteiger partial charge in [-0.2, -0.15) is 0 Å². The molecule has 3 rings (SSSR count). The van der Waals surface area contributed by atoms with Crippen molar-refractivity contribution in [2.75, 3.05) is 6.61 Å². The highest BCUT2D eigenvalue weighted by molar-refractivity contribution is 7.99. The van der Waals surface area contributed by atoms with Gasteiger partial charge < -0.3 is 14.5 Å². The van der Waals surface area contributed by atoms with Crippen LogP contribution in [0.4, 0.5) is 0 Å². The van der Waals surface area contributed by atoms with E-state index in [4.69, 9.17) is 9.15 Å². The van der Waals surface area contributed by atoms with Crippen molar-refractivity contribution in [2.45, 2.75) is 56.6 Å². The van der Waals surface area contributed by atoms with Crippen LogP contribution < -0.4 is 10.1 Å². The van der Waals surface area contributed by atoms with Crippen LogP contribution in [0, 0.1) is 6.92 Å². The highest BCUT2D eigenvalue weighted by Crippen LogP contribution is 2.35. The molecule has 158 valence electrons. The summed E-state index contributed by atoms with van der Waals surface area (Å²) in [7, 11) is 0. The molecule has 0 spiro atoms. The molecule has 0 saturated heterocycles. The first-order valence-corrected chi connectivity index (χ1v) is 11.0. The molecule has 0 radical (unpaired) electrons. The van der Waals surface area contributed by atoms with Gasteiger partial charge in [-0.05, 0) is 54.7 Å². The molecule has 0 atom stereocenters. The third kappa shape index (κ3) is 5.48. The lowest BCUT2D eigenvalue weighted by Crippen LogP contribution is -2.22. The Morgan fingerprint density at radius 1 is 1.10 bits per heavy atom. The van der Waals surface area contributed by atoms with Crippen molar-refractivity contribution in [3.05, 3.63) is 77.0 Å². The van der Waals surface area contributed by atoms with Crippen molar-refractivity contribution >= 4 is 17.7 Å². The predicted octanol–water partition coefficient (Wildman–Crippen LogP) is 6.37. The zero-order valence-electron chi connectivity index (χ0n) is 18.2. The number of ether oxygens (including phenoxy) is 1. The van der Waals surface area contributed by atoms with Crippen LogP contribution in [0.15, 0.2) is 69.0 Å². The van der Waals surface area contributed by atoms with Gasteiger partial charge in [-0.1, -0.05) is 62.9 Å². The van der Waals surface area contributed by atoms with Gasteiger partial charge in [0, 0.05) is 17.0 Å². The average molecular weight is 424 g/mol. The molecule has 0 unspecified atom stereocenters. The van der Waals surface area contributed by atoms with Crippen molar-refractivity contribution in [3.63, 3.8) is 0 Å². The van der Waals surface area contributed by atoms with Crippen LogP contribution in [0.3, 0.4) is 0 Å². The summed E-state index contributed by atoms with van der Waals surface area (Å²) in [5.74, 6) is 0.842. The van der Waals surface area contributed by atoms with Gasteiger partial charge >= 0.3 is 0 Å². The lowest BCUT2D eigenvalue weighted by atomic mass is 9.87. The van der Waals surface area contributed by atoms with Crippen LogP contribution >= 0.6 is 11.8 Å². The second-order valence-corrected chi connectivity index (χ2v) is 9.22. The van der Waals surface area contributed by atoms with Crippen molar-refractivity contribution < 1.29 is 13.9 Å². The normalized spacial score (nSPS) is 11.4.